The molecule has 0 saturated heterocycles. The van der Waals surface area contributed by atoms with Crippen LogP contribution in [-0.4, -0.2) is 11.1 Å². The molecule has 0 aliphatic rings. The van der Waals surface area contributed by atoms with Gasteiger partial charge in [0.2, 0.25) is 0 Å². The van der Waals surface area contributed by atoms with Crippen LogP contribution in [0.2, 0.25) is 0 Å². The van der Waals surface area contributed by atoms with Crippen molar-refractivity contribution >= 4 is 23.0 Å². The Kier molecular flexibility index (Phi) is 31.6. The van der Waals surface area contributed by atoms with E-state index in [2.05, 4.69) is 30.8 Å². The molecule has 0 aromatic heterocycles. The van der Waals surface area contributed by atoms with Gasteiger partial charge in [0.25, 0.3) is 0 Å². The Labute approximate surface area is 153 Å². The summed E-state index contributed by atoms with van der Waals surface area (Å²) in [6.07, 6.45) is 21.2. The molecule has 0 rings (SSSR count). The maximum absolute atomic E-state index is 10.3. The second kappa shape index (κ2) is 26.5. The standard InChI is InChI=1S/C18H34O2.BrH.H4N2/c1-2-3-4-5-6-7-8-9-10-11-12-13-14-15-16-17-18(19)20;;1-2/h9-10H,2-8,11-17H2,1H3,(H,19,20);1H;1-2H2/b10-9-;;. The molecular formula is C18H39BrN2O2. The molecule has 0 saturated carbocycles. The summed E-state index contributed by atoms with van der Waals surface area (Å²) in [5.41, 5.74) is 0. The van der Waals surface area contributed by atoms with Gasteiger partial charge in [-0.25, -0.2) is 0 Å². The van der Waals surface area contributed by atoms with Crippen molar-refractivity contribution in [1.82, 2.24) is 0 Å². The molecule has 0 radical (unpaired) electrons. The number of nitrogens with two attached hydrogens (primary N) is 2. The molecule has 5 heteroatoms. The Morgan fingerprint density at radius 3 is 1.61 bits per heavy atom. The maximum Gasteiger partial charge on any atom is 0.303 e. The van der Waals surface area contributed by atoms with E-state index in [-0.39, 0.29) is 17.0 Å². The molecule has 5 N–H and O–H groups in total. The Morgan fingerprint density at radius 2 is 1.17 bits per heavy atom. The van der Waals surface area contributed by atoms with Crippen LogP contribution in [0.4, 0.5) is 0 Å². The SMILES string of the molecule is Br.CCCCCCCC/C=C\CCCCCCCC(=O)O.NN. The van der Waals surface area contributed by atoms with Gasteiger partial charge in [0.05, 0.1) is 0 Å². The van der Waals surface area contributed by atoms with Crippen LogP contribution in [-0.2, 0) is 4.79 Å². The summed E-state index contributed by atoms with van der Waals surface area (Å²) < 4.78 is 0. The lowest BCUT2D eigenvalue weighted by atomic mass is 10.1. The van der Waals surface area contributed by atoms with Gasteiger partial charge < -0.3 is 5.11 Å². The van der Waals surface area contributed by atoms with Crippen LogP contribution in [0.3, 0.4) is 0 Å². The normalized spacial score (nSPS) is 10.0. The lowest BCUT2D eigenvalue weighted by Crippen LogP contribution is -2.02. The Bertz CT molecular complexity index is 249. The van der Waals surface area contributed by atoms with Crippen LogP contribution in [0.1, 0.15) is 96.8 Å². The van der Waals surface area contributed by atoms with Gasteiger partial charge in [0.15, 0.2) is 0 Å². The number of hydrazine groups is 1. The second-order valence-corrected chi connectivity index (χ2v) is 5.73. The van der Waals surface area contributed by atoms with Crippen LogP contribution in [0.5, 0.6) is 0 Å². The van der Waals surface area contributed by atoms with E-state index < -0.39 is 5.97 Å². The first kappa shape index (κ1) is 27.5. The van der Waals surface area contributed by atoms with E-state index in [0.717, 1.165) is 12.8 Å². The van der Waals surface area contributed by atoms with Gasteiger partial charge in [-0.1, -0.05) is 70.4 Å². The van der Waals surface area contributed by atoms with Gasteiger partial charge in [-0.2, -0.15) is 0 Å². The minimum atomic E-state index is -0.664. The predicted molar refractivity (Wildman–Crippen MR) is 106 cm³/mol. The molecular weight excluding hydrogens is 356 g/mol. The average Bonchev–Trinajstić information content (AvgIpc) is 2.53. The number of aliphatic carboxylic acids is 1. The zero-order valence-corrected chi connectivity index (χ0v) is 16.7. The van der Waals surface area contributed by atoms with Gasteiger partial charge in [-0.3, -0.25) is 16.5 Å². The van der Waals surface area contributed by atoms with Crippen molar-refractivity contribution in [3.05, 3.63) is 12.2 Å². The summed E-state index contributed by atoms with van der Waals surface area (Å²) in [4.78, 5) is 10.3. The maximum atomic E-state index is 10.3. The zero-order valence-electron chi connectivity index (χ0n) is 15.0. The van der Waals surface area contributed by atoms with Gasteiger partial charge in [0.1, 0.15) is 0 Å². The number of allylic oxidation sites excluding steroid dienone is 2. The van der Waals surface area contributed by atoms with Crippen molar-refractivity contribution < 1.29 is 9.90 Å². The van der Waals surface area contributed by atoms with E-state index >= 15 is 0 Å². The lowest BCUT2D eigenvalue weighted by molar-refractivity contribution is -0.137. The van der Waals surface area contributed by atoms with Crippen molar-refractivity contribution in [3.63, 3.8) is 0 Å². The van der Waals surface area contributed by atoms with E-state index in [0.29, 0.717) is 6.42 Å². The number of carbonyl (C=O) groups is 1. The van der Waals surface area contributed by atoms with Gasteiger partial charge in [-0.15, -0.1) is 17.0 Å². The van der Waals surface area contributed by atoms with E-state index in [1.54, 1.807) is 0 Å². The highest BCUT2D eigenvalue weighted by molar-refractivity contribution is 8.93. The Morgan fingerprint density at radius 1 is 0.783 bits per heavy atom. The fraction of sp³-hybridized carbons (Fsp3) is 0.833. The largest absolute Gasteiger partial charge is 0.481 e. The van der Waals surface area contributed by atoms with Crippen LogP contribution in [0.25, 0.3) is 0 Å². The summed E-state index contributed by atoms with van der Waals surface area (Å²) in [6.45, 7) is 2.26. The molecule has 140 valence electrons. The minimum absolute atomic E-state index is 0. The highest BCUT2D eigenvalue weighted by Gasteiger charge is 1.95. The molecule has 0 spiro atoms. The predicted octanol–water partition coefficient (Wildman–Crippen LogP) is 5.51. The number of hydrogen-bond donors (Lipinski definition) is 3. The second-order valence-electron chi connectivity index (χ2n) is 5.73. The van der Waals surface area contributed by atoms with Crippen LogP contribution in [0.15, 0.2) is 12.2 Å². The molecule has 0 aromatic carbocycles. The third-order valence-electron chi connectivity index (χ3n) is 3.65. The Hall–Kier alpha value is -0.390. The number of hydrogen-bond acceptors (Lipinski definition) is 3. The number of rotatable bonds is 15. The topological polar surface area (TPSA) is 89.3 Å². The van der Waals surface area contributed by atoms with E-state index in [4.69, 9.17) is 5.11 Å². The number of carboxylic acid groups (broad SMARTS) is 1. The van der Waals surface area contributed by atoms with Crippen molar-refractivity contribution in [2.24, 2.45) is 11.7 Å². The molecule has 0 aliphatic heterocycles. The average molecular weight is 395 g/mol. The molecule has 0 atom stereocenters. The Balaban J connectivity index is -0.00000128. The molecule has 0 fully saturated rings. The van der Waals surface area contributed by atoms with Crippen molar-refractivity contribution in [1.29, 1.82) is 0 Å². The minimum Gasteiger partial charge on any atom is -0.481 e. The summed E-state index contributed by atoms with van der Waals surface area (Å²) in [5, 5.41) is 8.51. The molecule has 0 bridgehead atoms. The molecule has 0 aromatic rings. The van der Waals surface area contributed by atoms with Crippen molar-refractivity contribution in [3.8, 4) is 0 Å². The highest BCUT2D eigenvalue weighted by atomic mass is 79.9. The fourth-order valence-electron chi connectivity index (χ4n) is 2.35. The molecule has 0 unspecified atom stereocenters. The summed E-state index contributed by atoms with van der Waals surface area (Å²) in [5.74, 6) is 7.34. The molecule has 4 nitrogen and oxygen atoms in total. The van der Waals surface area contributed by atoms with Gasteiger partial charge in [-0.05, 0) is 32.1 Å². The van der Waals surface area contributed by atoms with Crippen LogP contribution >= 0.6 is 17.0 Å². The number of unbranched alkanes of at least 4 members (excludes halogenated alkanes) is 11. The zero-order chi connectivity index (χ0) is 16.9. The quantitative estimate of drug-likeness (QED) is 0.148. The first-order valence-corrected chi connectivity index (χ1v) is 8.97. The molecule has 0 heterocycles. The first-order chi connectivity index (χ1) is 10.8. The number of carboxylic acids is 1. The lowest BCUT2D eigenvalue weighted by Gasteiger charge is -1.99. The third kappa shape index (κ3) is 30.1. The van der Waals surface area contributed by atoms with Crippen LogP contribution in [0, 0.1) is 0 Å². The fourth-order valence-corrected chi connectivity index (χ4v) is 2.35. The van der Waals surface area contributed by atoms with Crippen molar-refractivity contribution in [2.75, 3.05) is 0 Å². The molecule has 23 heavy (non-hydrogen) atoms. The van der Waals surface area contributed by atoms with Crippen LogP contribution < -0.4 is 11.7 Å². The monoisotopic (exact) mass is 394 g/mol. The van der Waals surface area contributed by atoms with Gasteiger partial charge in [0, 0.05) is 6.42 Å². The third-order valence-corrected chi connectivity index (χ3v) is 3.65. The van der Waals surface area contributed by atoms with E-state index in [9.17, 15) is 4.79 Å². The smallest absolute Gasteiger partial charge is 0.303 e. The van der Waals surface area contributed by atoms with Crippen molar-refractivity contribution in [2.45, 2.75) is 96.8 Å². The molecule has 0 aliphatic carbocycles. The first-order valence-electron chi connectivity index (χ1n) is 8.97. The van der Waals surface area contributed by atoms with Gasteiger partial charge >= 0.3 is 5.97 Å². The van der Waals surface area contributed by atoms with E-state index in [1.807, 2.05) is 0 Å². The highest BCUT2D eigenvalue weighted by Crippen LogP contribution is 2.09. The number of halogens is 1. The summed E-state index contributed by atoms with van der Waals surface area (Å²) in [7, 11) is 0. The summed E-state index contributed by atoms with van der Waals surface area (Å²) in [6, 6.07) is 0. The van der Waals surface area contributed by atoms with E-state index in [1.165, 1.54) is 70.6 Å². The molecule has 0 amide bonds. The summed E-state index contributed by atoms with van der Waals surface area (Å²) >= 11 is 0.